The number of hydrogen-bond donors (Lipinski definition) is 3. The lowest BCUT2D eigenvalue weighted by Crippen LogP contribution is -2.44. The molecule has 0 bridgehead atoms. The van der Waals surface area contributed by atoms with Crippen molar-refractivity contribution in [1.29, 1.82) is 0 Å². The molecule has 1 aromatic carbocycles. The van der Waals surface area contributed by atoms with Gasteiger partial charge in [0.1, 0.15) is 5.82 Å². The molecule has 0 saturated carbocycles. The molecule has 0 radical (unpaired) electrons. The maximum atomic E-state index is 12.1. The summed E-state index contributed by atoms with van der Waals surface area (Å²) in [6.45, 7) is 16.6. The molecule has 4 N–H and O–H groups in total. The number of aromatic amines is 1. The number of rotatable bonds is 2. The first-order chi connectivity index (χ1) is 19.6. The lowest BCUT2D eigenvalue weighted by atomic mass is 9.84. The van der Waals surface area contributed by atoms with Crippen LogP contribution in [0.3, 0.4) is 0 Å². The van der Waals surface area contributed by atoms with Crippen LogP contribution in [0.25, 0.3) is 10.9 Å². The number of nitrogen functional groups attached to an aromatic ring is 1. The van der Waals surface area contributed by atoms with Crippen LogP contribution in [0, 0.1) is 11.3 Å². The van der Waals surface area contributed by atoms with Crippen molar-refractivity contribution >= 4 is 34.2 Å². The van der Waals surface area contributed by atoms with E-state index in [9.17, 15) is 9.59 Å². The average molecular weight is 566 g/mol. The summed E-state index contributed by atoms with van der Waals surface area (Å²) in [4.78, 5) is 32.2. The van der Waals surface area contributed by atoms with E-state index in [2.05, 4.69) is 53.2 Å². The van der Waals surface area contributed by atoms with Gasteiger partial charge in [-0.2, -0.15) is 5.10 Å². The number of para-hydroxylation sites is 1. The van der Waals surface area contributed by atoms with Gasteiger partial charge in [0, 0.05) is 25.0 Å². The maximum absolute atomic E-state index is 12.1. The van der Waals surface area contributed by atoms with E-state index in [1.807, 2.05) is 51.2 Å². The van der Waals surface area contributed by atoms with Crippen molar-refractivity contribution in [3.8, 4) is 0 Å². The molecule has 41 heavy (non-hydrogen) atoms. The first-order valence-corrected chi connectivity index (χ1v) is 15.0. The predicted octanol–water partition coefficient (Wildman–Crippen LogP) is 5.75. The minimum Gasteiger partial charge on any atom is -0.383 e. The molecule has 2 amide bonds. The Balaban J connectivity index is 0.000000241. The summed E-state index contributed by atoms with van der Waals surface area (Å²) in [6.07, 6.45) is 8.84. The molecule has 1 unspecified atom stereocenters. The van der Waals surface area contributed by atoms with Gasteiger partial charge in [0.15, 0.2) is 0 Å². The maximum Gasteiger partial charge on any atom is 0.313 e. The molecule has 5 rings (SSSR count). The summed E-state index contributed by atoms with van der Waals surface area (Å²) in [5.41, 5.74) is 8.75. The Morgan fingerprint density at radius 2 is 1.88 bits per heavy atom. The van der Waals surface area contributed by atoms with Crippen LogP contribution in [0.4, 0.5) is 11.5 Å². The highest BCUT2D eigenvalue weighted by atomic mass is 16.2. The van der Waals surface area contributed by atoms with E-state index < -0.39 is 11.8 Å². The smallest absolute Gasteiger partial charge is 0.313 e. The van der Waals surface area contributed by atoms with Gasteiger partial charge in [-0.3, -0.25) is 14.7 Å². The van der Waals surface area contributed by atoms with E-state index in [1.54, 1.807) is 11.0 Å². The van der Waals surface area contributed by atoms with Crippen LogP contribution in [0.1, 0.15) is 72.8 Å². The summed E-state index contributed by atoms with van der Waals surface area (Å²) in [5, 5.41) is 10.5. The third-order valence-corrected chi connectivity index (χ3v) is 7.22. The number of carbonyl (C=O) groups excluding carboxylic acids is 2. The number of carbonyl (C=O) groups is 2. The molecule has 0 spiro atoms. The number of aromatic nitrogens is 3. The molecule has 2 aliphatic heterocycles. The second-order valence-corrected chi connectivity index (χ2v) is 11.5. The number of amides is 2. The van der Waals surface area contributed by atoms with Gasteiger partial charge < -0.3 is 20.9 Å². The predicted molar refractivity (Wildman–Crippen MR) is 170 cm³/mol. The van der Waals surface area contributed by atoms with Crippen molar-refractivity contribution in [3.05, 3.63) is 48.3 Å². The monoisotopic (exact) mass is 565 g/mol. The number of fused-ring (bicyclic) bond motifs is 1. The summed E-state index contributed by atoms with van der Waals surface area (Å²) in [5.74, 6) is -0.193. The number of anilines is 2. The molecule has 2 saturated heterocycles. The molecule has 2 aliphatic rings. The van der Waals surface area contributed by atoms with Crippen LogP contribution in [0.15, 0.2) is 42.7 Å². The number of pyridine rings is 1. The number of nitrogens with one attached hydrogen (secondary N) is 2. The van der Waals surface area contributed by atoms with Gasteiger partial charge in [-0.15, -0.1) is 0 Å². The Hall–Kier alpha value is -3.46. The van der Waals surface area contributed by atoms with E-state index in [1.165, 1.54) is 32.1 Å². The highest BCUT2D eigenvalue weighted by Gasteiger charge is 2.26. The zero-order valence-electron chi connectivity index (χ0n) is 26.2. The van der Waals surface area contributed by atoms with E-state index in [4.69, 9.17) is 5.73 Å². The largest absolute Gasteiger partial charge is 0.383 e. The van der Waals surface area contributed by atoms with Gasteiger partial charge in [-0.1, -0.05) is 59.7 Å². The van der Waals surface area contributed by atoms with Crippen molar-refractivity contribution in [1.82, 2.24) is 25.0 Å². The van der Waals surface area contributed by atoms with Crippen LogP contribution in [0.2, 0.25) is 0 Å². The second kappa shape index (κ2) is 16.7. The molecule has 9 nitrogen and oxygen atoms in total. The lowest BCUT2D eigenvalue weighted by Gasteiger charge is -2.35. The molecule has 2 fully saturated rings. The molecule has 4 heterocycles. The number of likely N-dealkylation sites (tertiary alicyclic amines) is 2. The molecule has 3 aromatic rings. The van der Waals surface area contributed by atoms with E-state index in [0.29, 0.717) is 35.9 Å². The van der Waals surface area contributed by atoms with Crippen LogP contribution in [0.5, 0.6) is 0 Å². The van der Waals surface area contributed by atoms with Gasteiger partial charge in [0.2, 0.25) is 0 Å². The molecular weight excluding hydrogens is 514 g/mol. The first-order valence-electron chi connectivity index (χ1n) is 15.0. The molecular formula is C32H51N7O2. The Morgan fingerprint density at radius 1 is 1.15 bits per heavy atom. The zero-order chi connectivity index (χ0) is 30.4. The van der Waals surface area contributed by atoms with Gasteiger partial charge >= 0.3 is 11.8 Å². The number of hydrogen-bond acceptors (Lipinski definition) is 6. The number of H-pyrrole nitrogens is 1. The van der Waals surface area contributed by atoms with Gasteiger partial charge in [0.05, 0.1) is 23.6 Å². The second-order valence-electron chi connectivity index (χ2n) is 11.5. The zero-order valence-corrected chi connectivity index (χ0v) is 26.2. The van der Waals surface area contributed by atoms with E-state index in [0.717, 1.165) is 35.7 Å². The quantitative estimate of drug-likeness (QED) is 0.340. The summed E-state index contributed by atoms with van der Waals surface area (Å²) < 4.78 is 0. The number of nitrogens with zero attached hydrogens (tertiary/aromatic N) is 4. The normalized spacial score (nSPS) is 18.0. The Labute approximate surface area is 246 Å². The van der Waals surface area contributed by atoms with Gasteiger partial charge in [-0.25, -0.2) is 4.98 Å². The minimum absolute atomic E-state index is 0.445. The fourth-order valence-corrected chi connectivity index (χ4v) is 5.17. The van der Waals surface area contributed by atoms with Crippen molar-refractivity contribution < 1.29 is 9.59 Å². The Bertz CT molecular complexity index is 1190. The summed E-state index contributed by atoms with van der Waals surface area (Å²) in [6, 6.07) is 9.77. The minimum atomic E-state index is -0.613. The Kier molecular flexibility index (Phi) is 13.8. The third-order valence-electron chi connectivity index (χ3n) is 7.22. The highest BCUT2D eigenvalue weighted by molar-refractivity contribution is 6.39. The molecule has 226 valence electrons. The lowest BCUT2D eigenvalue weighted by molar-refractivity contribution is -0.144. The highest BCUT2D eigenvalue weighted by Crippen LogP contribution is 2.27. The van der Waals surface area contributed by atoms with Crippen molar-refractivity contribution in [3.63, 3.8) is 0 Å². The van der Waals surface area contributed by atoms with Crippen molar-refractivity contribution in [2.24, 2.45) is 11.3 Å². The molecule has 1 atom stereocenters. The number of benzene rings is 1. The number of piperidine rings is 2. The van der Waals surface area contributed by atoms with Crippen LogP contribution < -0.4 is 11.1 Å². The summed E-state index contributed by atoms with van der Waals surface area (Å²) in [7, 11) is 2.21. The van der Waals surface area contributed by atoms with Gasteiger partial charge in [0.25, 0.3) is 0 Å². The Morgan fingerprint density at radius 3 is 2.49 bits per heavy atom. The fourth-order valence-electron chi connectivity index (χ4n) is 5.17. The molecule has 9 heteroatoms. The van der Waals surface area contributed by atoms with Crippen LogP contribution >= 0.6 is 0 Å². The van der Waals surface area contributed by atoms with E-state index in [-0.39, 0.29) is 0 Å². The third kappa shape index (κ3) is 11.1. The number of aryl methyl sites for hydroxylation is 1. The standard InChI is InChI=1S/C15H22N4O2.C8H17N.C7H6N2.C2H6/c1-3-11-7-12(8-17-13(11)16)18-14(20)15(21)19-6-4-5-10(2)9-19;1-8(2)5-4-6-9(3)7-8;1-2-4-7-6(3-1)5-8-9-7;1-2/h7-8,10H,3-6,9H2,1-2H3,(H2,16,17)(H,18,20);4-7H2,1-3H3;1-5H,(H,8,9);1-2H3. The topological polar surface area (TPSA) is 120 Å². The van der Waals surface area contributed by atoms with Crippen LogP contribution in [-0.2, 0) is 16.0 Å². The number of nitrogens with two attached hydrogens (primary N) is 1. The average Bonchev–Trinajstić information content (AvgIpc) is 3.44. The first kappa shape index (κ1) is 33.7. The van der Waals surface area contributed by atoms with Gasteiger partial charge in [-0.05, 0) is 74.7 Å². The van der Waals surface area contributed by atoms with Crippen molar-refractivity contribution in [2.45, 2.75) is 73.6 Å². The fraction of sp³-hybridized carbons (Fsp3) is 0.562. The summed E-state index contributed by atoms with van der Waals surface area (Å²) >= 11 is 0. The van der Waals surface area contributed by atoms with E-state index >= 15 is 0 Å². The van der Waals surface area contributed by atoms with Crippen LogP contribution in [-0.4, -0.2) is 70.0 Å². The molecule has 2 aromatic heterocycles. The molecule has 0 aliphatic carbocycles. The van der Waals surface area contributed by atoms with Crippen molar-refractivity contribution in [2.75, 3.05) is 44.3 Å². The SMILES string of the molecule is CC.CCc1cc(NC(=O)C(=O)N2CCCC(C)C2)cnc1N.CN1CCCC(C)(C)C1.c1ccc2[nH]ncc2c1.